The first-order chi connectivity index (χ1) is 7.20. The number of rotatable bonds is 2. The van der Waals surface area contributed by atoms with Crippen LogP contribution in [0.15, 0.2) is 35.5 Å². The van der Waals surface area contributed by atoms with Gasteiger partial charge in [-0.15, -0.1) is 0 Å². The normalized spacial score (nSPS) is 23.1. The van der Waals surface area contributed by atoms with Gasteiger partial charge in [-0.2, -0.15) is 0 Å². The third-order valence-electron chi connectivity index (χ3n) is 4.50. The van der Waals surface area contributed by atoms with Crippen molar-refractivity contribution in [3.63, 3.8) is 0 Å². The Labute approximate surface area is 109 Å². The van der Waals surface area contributed by atoms with E-state index in [1.807, 2.05) is 0 Å². The van der Waals surface area contributed by atoms with Crippen molar-refractivity contribution in [1.82, 2.24) is 0 Å². The van der Waals surface area contributed by atoms with Crippen LogP contribution in [0.3, 0.4) is 0 Å². The van der Waals surface area contributed by atoms with Crippen LogP contribution < -0.4 is 0 Å². The van der Waals surface area contributed by atoms with Crippen molar-refractivity contribution in [2.75, 3.05) is 0 Å². The van der Waals surface area contributed by atoms with Gasteiger partial charge in [0, 0.05) is 0 Å². The molecule has 0 amide bonds. The molecular formula is C14H24Sn2. The first-order valence-electron chi connectivity index (χ1n) is 6.29. The molecule has 0 radical (unpaired) electrons. The standard InChI is InChI=1S/C8H6.6CH3.2Sn/c1-3-7-5-2-6-8(7)4-1;;;;;;;;/h1,3-5H,2H2;6*1H3;;. The minimum absolute atomic E-state index is 0.697. The summed E-state index contributed by atoms with van der Waals surface area (Å²) in [4.78, 5) is 15.9. The van der Waals surface area contributed by atoms with Gasteiger partial charge in [0.2, 0.25) is 0 Å². The molecule has 88 valence electrons. The predicted molar refractivity (Wildman–Crippen MR) is 79.3 cm³/mol. The Bertz CT molecular complexity index is 383. The molecule has 0 spiro atoms. The van der Waals surface area contributed by atoms with Crippen LogP contribution >= 0.6 is 0 Å². The van der Waals surface area contributed by atoms with Crippen LogP contribution in [0.5, 0.6) is 0 Å². The van der Waals surface area contributed by atoms with Gasteiger partial charge in [-0.3, -0.25) is 0 Å². The fourth-order valence-corrected chi connectivity index (χ4v) is 63.4. The van der Waals surface area contributed by atoms with E-state index in [1.54, 1.807) is 11.1 Å². The van der Waals surface area contributed by atoms with Crippen molar-refractivity contribution < 1.29 is 0 Å². The summed E-state index contributed by atoms with van der Waals surface area (Å²) in [6.45, 7) is 0. The van der Waals surface area contributed by atoms with E-state index in [0.717, 1.165) is 0 Å². The zero-order valence-corrected chi connectivity index (χ0v) is 17.2. The molecule has 2 heteroatoms. The van der Waals surface area contributed by atoms with Crippen LogP contribution in [-0.2, 0) is 0 Å². The number of fused-ring (bicyclic) bond motifs is 1. The maximum absolute atomic E-state index is 2.65. The van der Waals surface area contributed by atoms with Gasteiger partial charge >= 0.3 is 110 Å². The topological polar surface area (TPSA) is 0 Å². The molecule has 0 saturated carbocycles. The van der Waals surface area contributed by atoms with Gasteiger partial charge < -0.3 is 0 Å². The van der Waals surface area contributed by atoms with Crippen LogP contribution in [0.1, 0.15) is 6.42 Å². The Kier molecular flexibility index (Phi) is 3.24. The van der Waals surface area contributed by atoms with E-state index in [2.05, 4.69) is 53.9 Å². The average Bonchev–Trinajstić information content (AvgIpc) is 2.54. The summed E-state index contributed by atoms with van der Waals surface area (Å²) >= 11 is -3.91. The fraction of sp³-hybridized carbons (Fsp3) is 0.571. The second-order valence-electron chi connectivity index (χ2n) is 7.21. The second kappa shape index (κ2) is 3.91. The van der Waals surface area contributed by atoms with E-state index in [9.17, 15) is 0 Å². The van der Waals surface area contributed by atoms with Crippen molar-refractivity contribution >= 4 is 36.8 Å². The zero-order valence-electron chi connectivity index (χ0n) is 11.5. The summed E-state index contributed by atoms with van der Waals surface area (Å²) in [7, 11) is 0. The number of allylic oxidation sites excluding steroid dienone is 6. The minimum atomic E-state index is -1.96. The van der Waals surface area contributed by atoms with E-state index in [4.69, 9.17) is 0 Å². The fourth-order valence-electron chi connectivity index (χ4n) is 3.92. The van der Waals surface area contributed by atoms with Gasteiger partial charge in [0.25, 0.3) is 0 Å². The monoisotopic (exact) mass is 432 g/mol. The van der Waals surface area contributed by atoms with E-state index < -0.39 is 36.8 Å². The van der Waals surface area contributed by atoms with Crippen molar-refractivity contribution in [2.24, 2.45) is 0 Å². The van der Waals surface area contributed by atoms with Crippen molar-refractivity contribution in [2.45, 2.75) is 37.5 Å². The van der Waals surface area contributed by atoms with Gasteiger partial charge in [-0.25, -0.2) is 0 Å². The van der Waals surface area contributed by atoms with Crippen LogP contribution in [-0.4, -0.2) is 36.8 Å². The average molecular weight is 430 g/mol. The van der Waals surface area contributed by atoms with Crippen LogP contribution in [0.2, 0.25) is 31.1 Å². The molecule has 0 saturated heterocycles. The third kappa shape index (κ3) is 1.70. The summed E-state index contributed by atoms with van der Waals surface area (Å²) in [6, 6.07) is 0. The van der Waals surface area contributed by atoms with Crippen molar-refractivity contribution in [1.29, 1.82) is 0 Å². The second-order valence-corrected chi connectivity index (χ2v) is 41.8. The van der Waals surface area contributed by atoms with Gasteiger partial charge in [0.1, 0.15) is 0 Å². The molecular weight excluding hydrogens is 406 g/mol. The number of hydrogen-bond acceptors (Lipinski definition) is 0. The molecule has 0 N–H and O–H groups in total. The molecule has 0 aliphatic heterocycles. The SMILES string of the molecule is [CH3][Sn]([CH3])([CH3])[C]1([Sn]([CH3])([CH3])[CH3])CC=C2C=CC=C21. The van der Waals surface area contributed by atoms with Gasteiger partial charge in [0.15, 0.2) is 0 Å². The quantitative estimate of drug-likeness (QED) is 0.555. The molecule has 2 aliphatic rings. The summed E-state index contributed by atoms with van der Waals surface area (Å²) in [6.07, 6.45) is 10.9. The molecule has 16 heavy (non-hydrogen) atoms. The predicted octanol–water partition coefficient (Wildman–Crippen LogP) is 4.77. The Morgan fingerprint density at radius 1 is 1.00 bits per heavy atom. The van der Waals surface area contributed by atoms with Crippen LogP contribution in [0.4, 0.5) is 0 Å². The Morgan fingerprint density at radius 3 is 2.06 bits per heavy atom. The molecule has 0 bridgehead atoms. The maximum atomic E-state index is 2.65. The van der Waals surface area contributed by atoms with E-state index in [0.29, 0.717) is 1.45 Å². The molecule has 2 aliphatic carbocycles. The molecule has 0 heterocycles. The molecule has 0 aromatic heterocycles. The Morgan fingerprint density at radius 2 is 1.56 bits per heavy atom. The molecule has 0 atom stereocenters. The summed E-state index contributed by atoms with van der Waals surface area (Å²) in [5.74, 6) is 0. The van der Waals surface area contributed by atoms with Crippen LogP contribution in [0.25, 0.3) is 0 Å². The van der Waals surface area contributed by atoms with E-state index in [1.165, 1.54) is 6.42 Å². The first kappa shape index (κ1) is 13.3. The molecule has 2 rings (SSSR count). The van der Waals surface area contributed by atoms with Crippen molar-refractivity contribution in [3.8, 4) is 0 Å². The number of hydrogen-bond donors (Lipinski definition) is 0. The molecule has 0 unspecified atom stereocenters. The van der Waals surface area contributed by atoms with Gasteiger partial charge in [-0.1, -0.05) is 0 Å². The molecule has 0 aromatic carbocycles. The molecule has 0 aromatic rings. The van der Waals surface area contributed by atoms with Gasteiger partial charge in [0.05, 0.1) is 0 Å². The Hall–Kier alpha value is 0.817. The zero-order chi connectivity index (χ0) is 12.2. The summed E-state index contributed by atoms with van der Waals surface area (Å²) in [5.41, 5.74) is 3.32. The van der Waals surface area contributed by atoms with Crippen LogP contribution in [0, 0.1) is 0 Å². The van der Waals surface area contributed by atoms with Crippen molar-refractivity contribution in [3.05, 3.63) is 35.5 Å². The summed E-state index contributed by atoms with van der Waals surface area (Å²) < 4.78 is 0.697. The van der Waals surface area contributed by atoms with E-state index in [-0.39, 0.29) is 0 Å². The first-order valence-corrected chi connectivity index (χ1v) is 26.3. The van der Waals surface area contributed by atoms with E-state index >= 15 is 0 Å². The Balaban J connectivity index is 2.57. The van der Waals surface area contributed by atoms with Gasteiger partial charge in [-0.05, 0) is 0 Å². The summed E-state index contributed by atoms with van der Waals surface area (Å²) in [5, 5.41) is 0. The molecule has 0 nitrogen and oxygen atoms in total. The third-order valence-corrected chi connectivity index (χ3v) is 50.5. The molecule has 0 fully saturated rings.